The maximum absolute atomic E-state index is 10.8. The Balaban J connectivity index is 2.66. The quantitative estimate of drug-likeness (QED) is 0.447. The van der Waals surface area contributed by atoms with Crippen LogP contribution < -0.4 is 0 Å². The van der Waals surface area contributed by atoms with Crippen molar-refractivity contribution >= 4 is 11.3 Å². The van der Waals surface area contributed by atoms with Crippen molar-refractivity contribution in [2.45, 2.75) is 11.6 Å². The van der Waals surface area contributed by atoms with E-state index in [9.17, 15) is 15.4 Å². The first-order valence-electron chi connectivity index (χ1n) is 6.58. The highest BCUT2D eigenvalue weighted by molar-refractivity contribution is 5.87. The third-order valence-corrected chi connectivity index (χ3v) is 3.97. The van der Waals surface area contributed by atoms with Crippen LogP contribution in [0.5, 0.6) is 0 Å². The van der Waals surface area contributed by atoms with Crippen LogP contribution in [0, 0.1) is 21.4 Å². The van der Waals surface area contributed by atoms with E-state index >= 15 is 0 Å². The second-order valence-electron chi connectivity index (χ2n) is 4.72. The molecular weight excluding hydrogens is 304 g/mol. The Morgan fingerprint density at radius 2 is 1.48 bits per heavy atom. The summed E-state index contributed by atoms with van der Waals surface area (Å²) in [4.78, 5) is 10.3. The topological polar surface area (TPSA) is 104 Å². The molecule has 0 N–H and O–H groups in total. The number of hydrogen-bond donors (Lipinski definition) is 0. The van der Waals surface area contributed by atoms with E-state index < -0.39 is 16.5 Å². The van der Waals surface area contributed by atoms with Gasteiger partial charge in [-0.25, -0.2) is 0 Å². The van der Waals surface area contributed by atoms with Crippen LogP contribution in [-0.4, -0.2) is 44.9 Å². The predicted octanol–water partition coefficient (Wildman–Crippen LogP) is 1.86. The SMILES string of the molecule is COC1(OC)C(C#N)=C(c2ccc([N+](=O)[O-])cc2)C1(OC)OC. The van der Waals surface area contributed by atoms with Gasteiger partial charge in [0, 0.05) is 46.1 Å². The molecule has 0 saturated heterocycles. The summed E-state index contributed by atoms with van der Waals surface area (Å²) in [5.41, 5.74) is 1.07. The number of hydrogen-bond acceptors (Lipinski definition) is 7. The lowest BCUT2D eigenvalue weighted by Gasteiger charge is -2.54. The molecule has 0 unspecified atom stereocenters. The van der Waals surface area contributed by atoms with Crippen LogP contribution in [0.3, 0.4) is 0 Å². The second kappa shape index (κ2) is 6.06. The highest BCUT2D eigenvalue weighted by Crippen LogP contribution is 2.57. The molecule has 2 rings (SSSR count). The number of nitro groups is 1. The number of ether oxygens (including phenoxy) is 4. The van der Waals surface area contributed by atoms with E-state index in [2.05, 4.69) is 0 Å². The van der Waals surface area contributed by atoms with Gasteiger partial charge < -0.3 is 18.9 Å². The molecular formula is C15H16N2O6. The molecule has 0 aliphatic heterocycles. The molecule has 0 fully saturated rings. The molecule has 1 aliphatic carbocycles. The van der Waals surface area contributed by atoms with Gasteiger partial charge in [0.1, 0.15) is 11.6 Å². The summed E-state index contributed by atoms with van der Waals surface area (Å²) in [5, 5.41) is 20.3. The first kappa shape index (κ1) is 17.1. The number of rotatable bonds is 6. The highest BCUT2D eigenvalue weighted by Gasteiger charge is 2.70. The van der Waals surface area contributed by atoms with Crippen molar-refractivity contribution in [3.8, 4) is 6.07 Å². The number of nitro benzene ring substituents is 1. The number of nitriles is 1. The Labute approximate surface area is 133 Å². The van der Waals surface area contributed by atoms with Crippen molar-refractivity contribution < 1.29 is 23.9 Å². The van der Waals surface area contributed by atoms with Crippen molar-refractivity contribution in [3.05, 3.63) is 45.5 Å². The molecule has 0 amide bonds. The van der Waals surface area contributed by atoms with Crippen LogP contribution in [-0.2, 0) is 18.9 Å². The van der Waals surface area contributed by atoms with Crippen LogP contribution in [0.15, 0.2) is 29.8 Å². The fourth-order valence-corrected chi connectivity index (χ4v) is 2.92. The van der Waals surface area contributed by atoms with Crippen LogP contribution >= 0.6 is 0 Å². The number of nitrogens with zero attached hydrogens (tertiary/aromatic N) is 2. The van der Waals surface area contributed by atoms with E-state index in [1.54, 1.807) is 0 Å². The normalized spacial score (nSPS) is 18.2. The first-order valence-corrected chi connectivity index (χ1v) is 6.58. The molecule has 122 valence electrons. The molecule has 1 aromatic rings. The van der Waals surface area contributed by atoms with Gasteiger partial charge in [-0.2, -0.15) is 5.26 Å². The standard InChI is InChI=1S/C15H16N2O6/c1-20-14(21-2)12(9-16)13(15(14,22-3)23-4)10-5-7-11(8-6-10)17(18)19/h5-8H,1-4H3. The van der Waals surface area contributed by atoms with Crippen molar-refractivity contribution in [3.63, 3.8) is 0 Å². The van der Waals surface area contributed by atoms with E-state index in [4.69, 9.17) is 18.9 Å². The summed E-state index contributed by atoms with van der Waals surface area (Å²) in [6, 6.07) is 7.76. The molecule has 1 aromatic carbocycles. The van der Waals surface area contributed by atoms with Crippen molar-refractivity contribution in [2.24, 2.45) is 0 Å². The largest absolute Gasteiger partial charge is 0.345 e. The molecule has 8 nitrogen and oxygen atoms in total. The molecule has 0 saturated carbocycles. The minimum absolute atomic E-state index is 0.0580. The second-order valence-corrected chi connectivity index (χ2v) is 4.72. The maximum atomic E-state index is 10.8. The van der Waals surface area contributed by atoms with Crippen LogP contribution in [0.4, 0.5) is 5.69 Å². The maximum Gasteiger partial charge on any atom is 0.269 e. The minimum Gasteiger partial charge on any atom is -0.345 e. The van der Waals surface area contributed by atoms with Crippen LogP contribution in [0.2, 0.25) is 0 Å². The summed E-state index contributed by atoms with van der Waals surface area (Å²) in [5.74, 6) is -2.97. The fourth-order valence-electron chi connectivity index (χ4n) is 2.92. The van der Waals surface area contributed by atoms with E-state index in [-0.39, 0.29) is 11.3 Å². The molecule has 8 heteroatoms. The van der Waals surface area contributed by atoms with E-state index in [1.807, 2.05) is 6.07 Å². The van der Waals surface area contributed by atoms with Crippen LogP contribution in [0.25, 0.3) is 5.57 Å². The zero-order chi connectivity index (χ0) is 17.3. The zero-order valence-corrected chi connectivity index (χ0v) is 13.2. The van der Waals surface area contributed by atoms with Gasteiger partial charge in [0.2, 0.25) is 0 Å². The monoisotopic (exact) mass is 320 g/mol. The fraction of sp³-hybridized carbons (Fsp3) is 0.400. The average Bonchev–Trinajstić information content (AvgIpc) is 2.57. The third kappa shape index (κ3) is 2.06. The van der Waals surface area contributed by atoms with Crippen LogP contribution in [0.1, 0.15) is 5.56 Å². The van der Waals surface area contributed by atoms with Gasteiger partial charge in [-0.1, -0.05) is 0 Å². The summed E-state index contributed by atoms with van der Waals surface area (Å²) in [7, 11) is 5.55. The Morgan fingerprint density at radius 1 is 1.00 bits per heavy atom. The van der Waals surface area contributed by atoms with Gasteiger partial charge in [0.25, 0.3) is 17.3 Å². The Bertz CT molecular complexity index is 681. The van der Waals surface area contributed by atoms with Gasteiger partial charge in [-0.3, -0.25) is 10.1 Å². The molecule has 0 heterocycles. The molecule has 0 radical (unpaired) electrons. The van der Waals surface area contributed by atoms with E-state index in [1.165, 1.54) is 52.7 Å². The molecule has 0 bridgehead atoms. The van der Waals surface area contributed by atoms with Crippen molar-refractivity contribution in [2.75, 3.05) is 28.4 Å². The zero-order valence-electron chi connectivity index (χ0n) is 13.2. The highest BCUT2D eigenvalue weighted by atomic mass is 16.8. The lowest BCUT2D eigenvalue weighted by atomic mass is 9.72. The number of methoxy groups -OCH3 is 4. The van der Waals surface area contributed by atoms with Gasteiger partial charge in [0.15, 0.2) is 0 Å². The molecule has 0 aromatic heterocycles. The Kier molecular flexibility index (Phi) is 4.49. The predicted molar refractivity (Wildman–Crippen MR) is 79.1 cm³/mol. The lowest BCUT2D eigenvalue weighted by molar-refractivity contribution is -0.384. The molecule has 0 atom stereocenters. The summed E-state index contributed by atoms with van der Waals surface area (Å²) in [6.07, 6.45) is 0. The smallest absolute Gasteiger partial charge is 0.269 e. The Hall–Kier alpha value is -2.31. The van der Waals surface area contributed by atoms with Gasteiger partial charge in [-0.05, 0) is 17.7 Å². The van der Waals surface area contributed by atoms with Gasteiger partial charge in [-0.15, -0.1) is 0 Å². The van der Waals surface area contributed by atoms with Gasteiger partial charge in [0.05, 0.1) is 4.92 Å². The van der Waals surface area contributed by atoms with E-state index in [0.717, 1.165) is 0 Å². The number of non-ortho nitro benzene ring substituents is 1. The summed E-state index contributed by atoms with van der Waals surface area (Å²) < 4.78 is 21.7. The molecule has 23 heavy (non-hydrogen) atoms. The Morgan fingerprint density at radius 3 is 1.83 bits per heavy atom. The average molecular weight is 320 g/mol. The molecule has 0 spiro atoms. The molecule has 1 aliphatic rings. The summed E-state index contributed by atoms with van der Waals surface area (Å²) in [6.45, 7) is 0. The number of benzene rings is 1. The van der Waals surface area contributed by atoms with Crippen molar-refractivity contribution in [1.82, 2.24) is 0 Å². The summed E-state index contributed by atoms with van der Waals surface area (Å²) >= 11 is 0. The van der Waals surface area contributed by atoms with Gasteiger partial charge >= 0.3 is 0 Å². The van der Waals surface area contributed by atoms with E-state index in [0.29, 0.717) is 11.1 Å². The minimum atomic E-state index is -1.51. The third-order valence-electron chi connectivity index (χ3n) is 3.97. The first-order chi connectivity index (χ1) is 11.0. The lowest BCUT2D eigenvalue weighted by Crippen LogP contribution is -2.68. The van der Waals surface area contributed by atoms with Crippen molar-refractivity contribution in [1.29, 1.82) is 5.26 Å².